The van der Waals surface area contributed by atoms with E-state index in [1.165, 1.54) is 0 Å². The van der Waals surface area contributed by atoms with E-state index < -0.39 is 5.60 Å². The van der Waals surface area contributed by atoms with Crippen molar-refractivity contribution in [2.24, 2.45) is 4.99 Å². The fraction of sp³-hybridized carbons (Fsp3) is 0.895. The number of guanidine groups is 1. The Labute approximate surface area is 186 Å². The summed E-state index contributed by atoms with van der Waals surface area (Å²) in [4.78, 5) is 26.1. The van der Waals surface area contributed by atoms with Crippen molar-refractivity contribution in [2.75, 3.05) is 66.0 Å². The van der Waals surface area contributed by atoms with E-state index in [2.05, 4.69) is 34.0 Å². The van der Waals surface area contributed by atoms with Crippen molar-refractivity contribution in [1.82, 2.24) is 24.9 Å². The molecule has 0 saturated carbocycles. The molecule has 2 saturated heterocycles. The van der Waals surface area contributed by atoms with Gasteiger partial charge in [-0.15, -0.1) is 24.0 Å². The number of carbonyl (C=O) groups excluding carboxylic acids is 1. The van der Waals surface area contributed by atoms with Crippen LogP contribution in [0.3, 0.4) is 0 Å². The topological polar surface area (TPSA) is 63.7 Å². The maximum Gasteiger partial charge on any atom is 0.410 e. The monoisotopic (exact) mass is 508 g/mol. The SMILES string of the molecule is CC(CNC1=NCC2CN(C(=O)OC(C)(C)C)CCN12)N1CCN(C)CC1.I. The fourth-order valence-corrected chi connectivity index (χ4v) is 3.85. The van der Waals surface area contributed by atoms with Gasteiger partial charge < -0.3 is 24.8 Å². The molecule has 2 fully saturated rings. The van der Waals surface area contributed by atoms with Gasteiger partial charge >= 0.3 is 6.09 Å². The largest absolute Gasteiger partial charge is 0.444 e. The van der Waals surface area contributed by atoms with Gasteiger partial charge in [0.05, 0.1) is 12.6 Å². The molecule has 3 heterocycles. The van der Waals surface area contributed by atoms with Crippen LogP contribution in [0.4, 0.5) is 4.79 Å². The number of rotatable bonds is 3. The first-order chi connectivity index (χ1) is 12.7. The average Bonchev–Trinajstić information content (AvgIpc) is 3.01. The van der Waals surface area contributed by atoms with Gasteiger partial charge in [-0.1, -0.05) is 0 Å². The van der Waals surface area contributed by atoms with Crippen molar-refractivity contribution in [1.29, 1.82) is 0 Å². The molecule has 9 heteroatoms. The minimum absolute atomic E-state index is 0. The molecular weight excluding hydrogens is 471 g/mol. The minimum atomic E-state index is -0.452. The lowest BCUT2D eigenvalue weighted by molar-refractivity contribution is 0.0137. The Balaban J connectivity index is 0.00000280. The van der Waals surface area contributed by atoms with Crippen LogP contribution in [0.15, 0.2) is 4.99 Å². The highest BCUT2D eigenvalue weighted by Crippen LogP contribution is 2.18. The first kappa shape index (κ1) is 23.5. The highest BCUT2D eigenvalue weighted by atomic mass is 127. The fourth-order valence-electron chi connectivity index (χ4n) is 3.85. The number of hydrogen-bond donors (Lipinski definition) is 1. The van der Waals surface area contributed by atoms with Gasteiger partial charge in [-0.25, -0.2) is 4.79 Å². The quantitative estimate of drug-likeness (QED) is 0.577. The molecule has 0 aromatic heterocycles. The van der Waals surface area contributed by atoms with E-state index in [1.54, 1.807) is 0 Å². The molecule has 2 atom stereocenters. The van der Waals surface area contributed by atoms with E-state index in [0.717, 1.165) is 51.8 Å². The first-order valence-electron chi connectivity index (χ1n) is 10.2. The van der Waals surface area contributed by atoms with Crippen LogP contribution in [0.1, 0.15) is 27.7 Å². The molecule has 0 aromatic carbocycles. The number of nitrogens with zero attached hydrogens (tertiary/aromatic N) is 5. The summed E-state index contributed by atoms with van der Waals surface area (Å²) < 4.78 is 5.51. The Kier molecular flexibility index (Phi) is 8.21. The smallest absolute Gasteiger partial charge is 0.410 e. The molecule has 162 valence electrons. The summed E-state index contributed by atoms with van der Waals surface area (Å²) in [5, 5.41) is 3.56. The maximum atomic E-state index is 12.3. The van der Waals surface area contributed by atoms with E-state index in [4.69, 9.17) is 9.73 Å². The van der Waals surface area contributed by atoms with E-state index in [-0.39, 0.29) is 36.1 Å². The third-order valence-corrected chi connectivity index (χ3v) is 5.58. The zero-order valence-electron chi connectivity index (χ0n) is 18.0. The van der Waals surface area contributed by atoms with E-state index >= 15 is 0 Å². The van der Waals surface area contributed by atoms with Crippen LogP contribution in [0, 0.1) is 0 Å². The van der Waals surface area contributed by atoms with Crippen molar-refractivity contribution in [2.45, 2.75) is 45.4 Å². The third-order valence-electron chi connectivity index (χ3n) is 5.58. The number of fused-ring (bicyclic) bond motifs is 1. The first-order valence-corrected chi connectivity index (χ1v) is 10.2. The Morgan fingerprint density at radius 1 is 1.21 bits per heavy atom. The molecule has 8 nitrogen and oxygen atoms in total. The molecule has 1 N–H and O–H groups in total. The lowest BCUT2D eigenvalue weighted by Crippen LogP contribution is -2.58. The Hall–Kier alpha value is -0.810. The molecule has 1 amide bonds. The second kappa shape index (κ2) is 9.80. The standard InChI is InChI=1S/C19H36N6O2.HI/c1-15(23-8-6-22(5)7-9-23)12-20-17-21-13-16-14-24(10-11-25(16)17)18(26)27-19(2,3)4;/h15-16H,6-14H2,1-5H3,(H,20,21);1H. The summed E-state index contributed by atoms with van der Waals surface area (Å²) in [6.45, 7) is 16.3. The molecule has 28 heavy (non-hydrogen) atoms. The van der Waals surface area contributed by atoms with Crippen LogP contribution < -0.4 is 5.32 Å². The van der Waals surface area contributed by atoms with Gasteiger partial charge in [0.25, 0.3) is 0 Å². The highest BCUT2D eigenvalue weighted by molar-refractivity contribution is 14.0. The van der Waals surface area contributed by atoms with E-state index in [0.29, 0.717) is 19.1 Å². The van der Waals surface area contributed by atoms with Crippen LogP contribution in [0.25, 0.3) is 0 Å². The average molecular weight is 508 g/mol. The molecular formula is C19H37IN6O2. The van der Waals surface area contributed by atoms with Gasteiger partial charge in [0.15, 0.2) is 5.96 Å². The second-order valence-electron chi connectivity index (χ2n) is 9.01. The molecule has 0 radical (unpaired) electrons. The van der Waals surface area contributed by atoms with Gasteiger partial charge in [0.2, 0.25) is 0 Å². The summed E-state index contributed by atoms with van der Waals surface area (Å²) in [7, 11) is 2.19. The molecule has 3 aliphatic heterocycles. The third kappa shape index (κ3) is 6.09. The molecule has 0 aromatic rings. The van der Waals surface area contributed by atoms with E-state index in [9.17, 15) is 4.79 Å². The zero-order valence-corrected chi connectivity index (χ0v) is 20.3. The van der Waals surface area contributed by atoms with Crippen molar-refractivity contribution >= 4 is 36.0 Å². The summed E-state index contributed by atoms with van der Waals surface area (Å²) in [6, 6.07) is 0.746. The van der Waals surface area contributed by atoms with Crippen LogP contribution in [0.5, 0.6) is 0 Å². The zero-order chi connectivity index (χ0) is 19.6. The van der Waals surface area contributed by atoms with Crippen LogP contribution >= 0.6 is 24.0 Å². The number of hydrogen-bond acceptors (Lipinski definition) is 7. The Morgan fingerprint density at radius 2 is 1.89 bits per heavy atom. The number of ether oxygens (including phenoxy) is 1. The predicted octanol–water partition coefficient (Wildman–Crippen LogP) is 1.12. The summed E-state index contributed by atoms with van der Waals surface area (Å²) in [5.41, 5.74) is -0.452. The number of carbonyl (C=O) groups is 1. The molecule has 0 aliphatic carbocycles. The van der Waals surface area contributed by atoms with Crippen LogP contribution in [-0.2, 0) is 4.74 Å². The van der Waals surface area contributed by atoms with Crippen LogP contribution in [0.2, 0.25) is 0 Å². The van der Waals surface area contributed by atoms with Crippen molar-refractivity contribution in [3.63, 3.8) is 0 Å². The predicted molar refractivity (Wildman–Crippen MR) is 123 cm³/mol. The van der Waals surface area contributed by atoms with Crippen molar-refractivity contribution in [3.05, 3.63) is 0 Å². The van der Waals surface area contributed by atoms with Gasteiger partial charge in [0.1, 0.15) is 5.60 Å². The summed E-state index contributed by atoms with van der Waals surface area (Å²) in [5.74, 6) is 0.991. The molecule has 2 unspecified atom stereocenters. The minimum Gasteiger partial charge on any atom is -0.444 e. The molecule has 3 aliphatic rings. The summed E-state index contributed by atoms with van der Waals surface area (Å²) in [6.07, 6.45) is -0.216. The van der Waals surface area contributed by atoms with Gasteiger partial charge in [0, 0.05) is 58.4 Å². The molecule has 3 rings (SSSR count). The van der Waals surface area contributed by atoms with Crippen molar-refractivity contribution < 1.29 is 9.53 Å². The number of nitrogens with one attached hydrogen (secondary N) is 1. The number of likely N-dealkylation sites (N-methyl/N-ethyl adjacent to an activating group) is 1. The Morgan fingerprint density at radius 3 is 2.54 bits per heavy atom. The van der Waals surface area contributed by atoms with E-state index in [1.807, 2.05) is 25.7 Å². The van der Waals surface area contributed by atoms with Crippen molar-refractivity contribution in [3.8, 4) is 0 Å². The normalized spacial score (nSPS) is 24.9. The molecule has 0 bridgehead atoms. The lowest BCUT2D eigenvalue weighted by atomic mass is 10.2. The maximum absolute atomic E-state index is 12.3. The molecule has 0 spiro atoms. The highest BCUT2D eigenvalue weighted by Gasteiger charge is 2.36. The van der Waals surface area contributed by atoms with Crippen LogP contribution in [-0.4, -0.2) is 115 Å². The number of halogens is 1. The van der Waals surface area contributed by atoms with Gasteiger partial charge in [-0.3, -0.25) is 9.89 Å². The number of amides is 1. The Bertz CT molecular complexity index is 559. The number of aliphatic imine (C=N–C) groups is 1. The second-order valence-corrected chi connectivity index (χ2v) is 9.01. The van der Waals surface area contributed by atoms with Gasteiger partial charge in [-0.2, -0.15) is 0 Å². The number of piperazine rings is 2. The van der Waals surface area contributed by atoms with Gasteiger partial charge in [-0.05, 0) is 34.7 Å². The summed E-state index contributed by atoms with van der Waals surface area (Å²) >= 11 is 0. The lowest BCUT2D eigenvalue weighted by Gasteiger charge is -2.40.